The minimum atomic E-state index is -1.51. The van der Waals surface area contributed by atoms with E-state index in [4.69, 9.17) is 25.5 Å². The van der Waals surface area contributed by atoms with Gasteiger partial charge in [0.25, 0.3) is 0 Å². The van der Waals surface area contributed by atoms with Gasteiger partial charge in [0.1, 0.15) is 35.7 Å². The molecule has 0 spiro atoms. The smallest absolute Gasteiger partial charge is 0.229 e. The first-order valence-corrected chi connectivity index (χ1v) is 10.1. The third kappa shape index (κ3) is 4.18. The Bertz CT molecular complexity index is 1000. The first kappa shape index (κ1) is 21.1. The molecule has 1 saturated heterocycles. The molecule has 30 heavy (non-hydrogen) atoms. The van der Waals surface area contributed by atoms with Crippen LogP contribution in [0.4, 0.5) is 0 Å². The van der Waals surface area contributed by atoms with Gasteiger partial charge in [-0.1, -0.05) is 29.8 Å². The molecule has 1 aliphatic heterocycles. The SMILES string of the molecule is OC[C@H]1O[C@@H](Oc2cccc3occ(CCc4cccc(Cl)c4)c23)[C@H](O)[C@@H](O)[C@@H]1O. The zero-order valence-electron chi connectivity index (χ0n) is 16.0. The number of aliphatic hydroxyl groups is 4. The fraction of sp³-hybridized carbons (Fsp3) is 0.364. The van der Waals surface area contributed by atoms with Crippen LogP contribution < -0.4 is 4.74 Å². The highest BCUT2D eigenvalue weighted by molar-refractivity contribution is 6.30. The van der Waals surface area contributed by atoms with Gasteiger partial charge in [-0.3, -0.25) is 0 Å². The topological polar surface area (TPSA) is 113 Å². The van der Waals surface area contributed by atoms with E-state index < -0.39 is 37.3 Å². The number of hydrogen-bond donors (Lipinski definition) is 4. The molecule has 0 amide bonds. The lowest BCUT2D eigenvalue weighted by molar-refractivity contribution is -0.277. The molecule has 7 nitrogen and oxygen atoms in total. The summed E-state index contributed by atoms with van der Waals surface area (Å²) in [5, 5.41) is 41.0. The molecule has 1 aromatic heterocycles. The van der Waals surface area contributed by atoms with Crippen LogP contribution in [0.25, 0.3) is 11.0 Å². The van der Waals surface area contributed by atoms with Gasteiger partial charge in [0.05, 0.1) is 18.3 Å². The van der Waals surface area contributed by atoms with E-state index in [1.807, 2.05) is 24.3 Å². The van der Waals surface area contributed by atoms with Crippen molar-refractivity contribution in [2.45, 2.75) is 43.5 Å². The Morgan fingerprint density at radius 3 is 2.53 bits per heavy atom. The molecule has 0 radical (unpaired) electrons. The Balaban J connectivity index is 1.58. The monoisotopic (exact) mass is 434 g/mol. The molecule has 160 valence electrons. The van der Waals surface area contributed by atoms with Crippen LogP contribution in [0.3, 0.4) is 0 Å². The maximum Gasteiger partial charge on any atom is 0.229 e. The Labute approximate surface area is 178 Å². The van der Waals surface area contributed by atoms with E-state index in [0.29, 0.717) is 22.8 Å². The van der Waals surface area contributed by atoms with Crippen molar-refractivity contribution in [3.8, 4) is 5.75 Å². The number of fused-ring (bicyclic) bond motifs is 1. The lowest BCUT2D eigenvalue weighted by Crippen LogP contribution is -2.60. The number of halogens is 1. The Morgan fingerprint density at radius 2 is 1.77 bits per heavy atom. The van der Waals surface area contributed by atoms with Crippen molar-refractivity contribution in [3.63, 3.8) is 0 Å². The van der Waals surface area contributed by atoms with Gasteiger partial charge < -0.3 is 34.3 Å². The van der Waals surface area contributed by atoms with E-state index >= 15 is 0 Å². The molecule has 4 rings (SSSR count). The molecule has 3 aromatic rings. The van der Waals surface area contributed by atoms with Crippen LogP contribution in [0.2, 0.25) is 5.02 Å². The summed E-state index contributed by atoms with van der Waals surface area (Å²) >= 11 is 6.06. The quantitative estimate of drug-likeness (QED) is 0.469. The number of hydrogen-bond acceptors (Lipinski definition) is 7. The maximum atomic E-state index is 10.3. The lowest BCUT2D eigenvalue weighted by atomic mass is 9.99. The highest BCUT2D eigenvalue weighted by atomic mass is 35.5. The predicted octanol–water partition coefficient (Wildman–Crippen LogP) is 2.05. The fourth-order valence-electron chi connectivity index (χ4n) is 3.66. The molecule has 8 heteroatoms. The van der Waals surface area contributed by atoms with Crippen LogP contribution >= 0.6 is 11.6 Å². The Hall–Kier alpha value is -2.13. The van der Waals surface area contributed by atoms with Gasteiger partial charge in [-0.15, -0.1) is 0 Å². The van der Waals surface area contributed by atoms with Gasteiger partial charge >= 0.3 is 0 Å². The van der Waals surface area contributed by atoms with Gasteiger partial charge in [-0.05, 0) is 42.7 Å². The number of aryl methyl sites for hydroxylation is 2. The minimum absolute atomic E-state index is 0.409. The van der Waals surface area contributed by atoms with E-state index in [0.717, 1.165) is 22.9 Å². The first-order chi connectivity index (χ1) is 14.5. The highest BCUT2D eigenvalue weighted by Gasteiger charge is 2.44. The molecule has 2 aromatic carbocycles. The van der Waals surface area contributed by atoms with Crippen molar-refractivity contribution < 1.29 is 34.3 Å². The molecule has 5 atom stereocenters. The van der Waals surface area contributed by atoms with E-state index in [2.05, 4.69) is 0 Å². The van der Waals surface area contributed by atoms with Crippen LogP contribution in [-0.2, 0) is 17.6 Å². The summed E-state index contributed by atoms with van der Waals surface area (Å²) in [6.07, 6.45) is -3.67. The summed E-state index contributed by atoms with van der Waals surface area (Å²) < 4.78 is 17.0. The largest absolute Gasteiger partial charge is 0.464 e. The molecule has 0 bridgehead atoms. The van der Waals surface area contributed by atoms with Gasteiger partial charge in [-0.2, -0.15) is 0 Å². The zero-order chi connectivity index (χ0) is 21.3. The predicted molar refractivity (Wildman–Crippen MR) is 109 cm³/mol. The summed E-state index contributed by atoms with van der Waals surface area (Å²) in [6, 6.07) is 12.9. The molecule has 1 fully saturated rings. The third-order valence-corrected chi connectivity index (χ3v) is 5.54. The van der Waals surface area contributed by atoms with Gasteiger partial charge in [-0.25, -0.2) is 0 Å². The van der Waals surface area contributed by atoms with Gasteiger partial charge in [0, 0.05) is 10.6 Å². The van der Waals surface area contributed by atoms with Crippen LogP contribution in [0, 0.1) is 0 Å². The van der Waals surface area contributed by atoms with Crippen molar-refractivity contribution in [2.75, 3.05) is 6.61 Å². The molecule has 0 saturated carbocycles. The van der Waals surface area contributed by atoms with E-state index in [1.54, 1.807) is 24.5 Å². The second-order valence-corrected chi connectivity index (χ2v) is 7.77. The summed E-state index contributed by atoms with van der Waals surface area (Å²) in [7, 11) is 0. The second-order valence-electron chi connectivity index (χ2n) is 7.34. The number of rotatable bonds is 6. The van der Waals surface area contributed by atoms with Crippen LogP contribution in [0.5, 0.6) is 5.75 Å². The average Bonchev–Trinajstić information content (AvgIpc) is 3.17. The third-order valence-electron chi connectivity index (χ3n) is 5.30. The van der Waals surface area contributed by atoms with Crippen molar-refractivity contribution in [2.24, 2.45) is 0 Å². The average molecular weight is 435 g/mol. The normalized spacial score (nSPS) is 26.8. The summed E-state index contributed by atoms with van der Waals surface area (Å²) in [5.41, 5.74) is 2.60. The van der Waals surface area contributed by atoms with Crippen LogP contribution in [-0.4, -0.2) is 57.7 Å². The number of aliphatic hydroxyl groups excluding tert-OH is 4. The Morgan fingerprint density at radius 1 is 0.967 bits per heavy atom. The molecule has 0 aliphatic carbocycles. The number of benzene rings is 2. The molecule has 1 aliphatic rings. The molecule has 2 heterocycles. The number of furan rings is 1. The van der Waals surface area contributed by atoms with E-state index in [1.165, 1.54) is 0 Å². The second kappa shape index (κ2) is 8.93. The lowest BCUT2D eigenvalue weighted by Gasteiger charge is -2.39. The van der Waals surface area contributed by atoms with Gasteiger partial charge in [0.15, 0.2) is 0 Å². The summed E-state index contributed by atoms with van der Waals surface area (Å²) in [5.74, 6) is 0.409. The molecular weight excluding hydrogens is 412 g/mol. The van der Waals surface area contributed by atoms with Crippen LogP contribution in [0.1, 0.15) is 11.1 Å². The fourth-order valence-corrected chi connectivity index (χ4v) is 3.88. The first-order valence-electron chi connectivity index (χ1n) is 9.68. The van der Waals surface area contributed by atoms with Crippen molar-refractivity contribution in [3.05, 3.63) is 64.9 Å². The zero-order valence-corrected chi connectivity index (χ0v) is 16.8. The molecule has 0 unspecified atom stereocenters. The van der Waals surface area contributed by atoms with E-state index in [-0.39, 0.29) is 0 Å². The standard InChI is InChI=1S/C22H23ClO7/c23-14-4-1-3-12(9-14)7-8-13-11-28-15-5-2-6-16(18(13)15)29-22-21(27)20(26)19(25)17(10-24)30-22/h1-6,9,11,17,19-22,24-27H,7-8,10H2/t17-,19-,20+,21-,22-/m1/s1. The van der Waals surface area contributed by atoms with Crippen molar-refractivity contribution >= 4 is 22.6 Å². The minimum Gasteiger partial charge on any atom is -0.464 e. The van der Waals surface area contributed by atoms with Crippen molar-refractivity contribution in [1.82, 2.24) is 0 Å². The van der Waals surface area contributed by atoms with Crippen molar-refractivity contribution in [1.29, 1.82) is 0 Å². The highest BCUT2D eigenvalue weighted by Crippen LogP contribution is 2.34. The maximum absolute atomic E-state index is 10.3. The molecular formula is C22H23ClO7. The number of ether oxygens (including phenoxy) is 2. The summed E-state index contributed by atoms with van der Waals surface area (Å²) in [4.78, 5) is 0. The Kier molecular flexibility index (Phi) is 6.29. The van der Waals surface area contributed by atoms with E-state index in [9.17, 15) is 20.4 Å². The van der Waals surface area contributed by atoms with Crippen LogP contribution in [0.15, 0.2) is 53.1 Å². The molecule has 4 N–H and O–H groups in total. The van der Waals surface area contributed by atoms with Gasteiger partial charge in [0.2, 0.25) is 6.29 Å². The summed E-state index contributed by atoms with van der Waals surface area (Å²) in [6.45, 7) is -0.522.